The van der Waals surface area contributed by atoms with E-state index in [-0.39, 0.29) is 23.5 Å². The SMILES string of the molecule is C=CCNc1nc2c(ncn2[C@H]2CC(O)[C@@H](COP(=O)(O)OP(=O)(O)OP(=O)(O)O)O2)c(=O)[nH]1. The molecular weight excluding hydrogens is 527 g/mol. The molecule has 3 rings (SSSR count). The minimum Gasteiger partial charge on any atom is -0.390 e. The molecule has 2 aromatic heterocycles. The molecule has 0 amide bonds. The fourth-order valence-electron chi connectivity index (χ4n) is 2.90. The van der Waals surface area contributed by atoms with Crippen LogP contribution in [0.15, 0.2) is 23.8 Å². The van der Waals surface area contributed by atoms with E-state index in [0.717, 1.165) is 0 Å². The molecule has 21 heteroatoms. The molecule has 2 aromatic rings. The Morgan fingerprint density at radius 3 is 2.62 bits per heavy atom. The topological polar surface area (TPSA) is 265 Å². The van der Waals surface area contributed by atoms with E-state index in [1.54, 1.807) is 6.08 Å². The van der Waals surface area contributed by atoms with Crippen molar-refractivity contribution >= 4 is 40.6 Å². The number of anilines is 1. The summed E-state index contributed by atoms with van der Waals surface area (Å²) in [4.78, 5) is 58.7. The second-order valence-corrected chi connectivity index (χ2v) is 11.1. The first-order valence-corrected chi connectivity index (χ1v) is 13.7. The Morgan fingerprint density at radius 2 is 1.97 bits per heavy atom. The van der Waals surface area contributed by atoms with Gasteiger partial charge in [0.15, 0.2) is 11.2 Å². The van der Waals surface area contributed by atoms with Crippen LogP contribution >= 0.6 is 23.5 Å². The van der Waals surface area contributed by atoms with Gasteiger partial charge >= 0.3 is 23.5 Å². The summed E-state index contributed by atoms with van der Waals surface area (Å²) in [6.45, 7) is 3.01. The lowest BCUT2D eigenvalue weighted by atomic mass is 10.2. The van der Waals surface area contributed by atoms with Crippen LogP contribution in [0.1, 0.15) is 12.6 Å². The highest BCUT2D eigenvalue weighted by Gasteiger charge is 2.43. The first-order chi connectivity index (χ1) is 15.7. The van der Waals surface area contributed by atoms with Crippen molar-refractivity contribution in [1.82, 2.24) is 19.5 Å². The predicted octanol–water partition coefficient (Wildman–Crippen LogP) is -0.291. The molecule has 0 radical (unpaired) electrons. The van der Waals surface area contributed by atoms with Crippen LogP contribution in [0, 0.1) is 0 Å². The molecule has 0 spiro atoms. The van der Waals surface area contributed by atoms with E-state index in [0.29, 0.717) is 6.54 Å². The number of phosphoric ester groups is 1. The van der Waals surface area contributed by atoms with Crippen molar-refractivity contribution in [2.24, 2.45) is 0 Å². The van der Waals surface area contributed by atoms with Gasteiger partial charge < -0.3 is 34.7 Å². The molecule has 1 fully saturated rings. The van der Waals surface area contributed by atoms with E-state index < -0.39 is 54.1 Å². The van der Waals surface area contributed by atoms with Crippen LogP contribution in [-0.2, 0) is 31.6 Å². The summed E-state index contributed by atoms with van der Waals surface area (Å²) in [7, 11) is -16.6. The van der Waals surface area contributed by atoms with Gasteiger partial charge in [-0.15, -0.1) is 6.58 Å². The van der Waals surface area contributed by atoms with E-state index >= 15 is 0 Å². The van der Waals surface area contributed by atoms with Gasteiger partial charge in [-0.3, -0.25) is 18.9 Å². The summed E-state index contributed by atoms with van der Waals surface area (Å²) in [5.41, 5.74) is -0.446. The van der Waals surface area contributed by atoms with Crippen LogP contribution in [-0.4, -0.2) is 69.6 Å². The van der Waals surface area contributed by atoms with E-state index in [9.17, 15) is 28.5 Å². The fraction of sp³-hybridized carbons (Fsp3) is 0.462. The first kappa shape index (κ1) is 26.8. The van der Waals surface area contributed by atoms with Gasteiger partial charge in [-0.25, -0.2) is 18.7 Å². The second kappa shape index (κ2) is 10.1. The first-order valence-electron chi connectivity index (χ1n) is 9.13. The van der Waals surface area contributed by atoms with Gasteiger partial charge in [0.25, 0.3) is 5.56 Å². The number of aliphatic hydroxyl groups is 1. The van der Waals surface area contributed by atoms with E-state index in [1.807, 2.05) is 0 Å². The number of rotatable bonds is 11. The molecule has 3 heterocycles. The van der Waals surface area contributed by atoms with Gasteiger partial charge in [-0.1, -0.05) is 6.08 Å². The molecule has 0 aromatic carbocycles. The van der Waals surface area contributed by atoms with Crippen molar-refractivity contribution < 1.29 is 56.3 Å². The smallest absolute Gasteiger partial charge is 0.390 e. The number of nitrogens with zero attached hydrogens (tertiary/aromatic N) is 3. The largest absolute Gasteiger partial charge is 0.490 e. The van der Waals surface area contributed by atoms with Crippen LogP contribution < -0.4 is 10.9 Å². The van der Waals surface area contributed by atoms with Gasteiger partial charge in [0.2, 0.25) is 5.95 Å². The highest BCUT2D eigenvalue weighted by molar-refractivity contribution is 7.66. The third-order valence-corrected chi connectivity index (χ3v) is 7.98. The number of H-pyrrole nitrogens is 1. The Kier molecular flexibility index (Phi) is 7.94. The summed E-state index contributed by atoms with van der Waals surface area (Å²) in [5, 5.41) is 13.1. The zero-order valence-electron chi connectivity index (χ0n) is 16.9. The van der Waals surface area contributed by atoms with Crippen molar-refractivity contribution in [3.8, 4) is 0 Å². The molecule has 34 heavy (non-hydrogen) atoms. The number of imidazole rings is 1. The summed E-state index contributed by atoms with van der Waals surface area (Å²) >= 11 is 0. The van der Waals surface area contributed by atoms with Crippen LogP contribution in [0.4, 0.5) is 5.95 Å². The quantitative estimate of drug-likeness (QED) is 0.141. The van der Waals surface area contributed by atoms with Gasteiger partial charge in [-0.2, -0.15) is 13.6 Å². The average Bonchev–Trinajstić information content (AvgIpc) is 3.25. The van der Waals surface area contributed by atoms with Crippen molar-refractivity contribution in [1.29, 1.82) is 0 Å². The van der Waals surface area contributed by atoms with Crippen LogP contribution in [0.2, 0.25) is 0 Å². The molecule has 190 valence electrons. The number of hydrogen-bond acceptors (Lipinski definition) is 12. The van der Waals surface area contributed by atoms with Gasteiger partial charge in [0, 0.05) is 13.0 Å². The van der Waals surface area contributed by atoms with Crippen molar-refractivity contribution in [2.75, 3.05) is 18.5 Å². The molecule has 5 atom stereocenters. The Morgan fingerprint density at radius 1 is 1.26 bits per heavy atom. The summed E-state index contributed by atoms with van der Waals surface area (Å²) in [5.74, 6) is 0.127. The second-order valence-electron chi connectivity index (χ2n) is 6.73. The number of ether oxygens (including phenoxy) is 1. The normalized spacial score (nSPS) is 24.6. The van der Waals surface area contributed by atoms with Crippen molar-refractivity contribution in [3.63, 3.8) is 0 Å². The molecule has 1 aliphatic rings. The molecule has 0 aliphatic carbocycles. The Balaban J connectivity index is 1.69. The molecular formula is C13H20N5O13P3. The van der Waals surface area contributed by atoms with Gasteiger partial charge in [-0.05, 0) is 0 Å². The Labute approximate surface area is 189 Å². The average molecular weight is 547 g/mol. The molecule has 0 saturated carbocycles. The lowest BCUT2D eigenvalue weighted by molar-refractivity contribution is -0.0423. The van der Waals surface area contributed by atoms with Gasteiger partial charge in [0.05, 0.1) is 19.0 Å². The maximum Gasteiger partial charge on any atom is 0.490 e. The zero-order chi connectivity index (χ0) is 25.3. The molecule has 1 aliphatic heterocycles. The minimum absolute atomic E-state index is 0.0149. The highest BCUT2D eigenvalue weighted by atomic mass is 31.3. The predicted molar refractivity (Wildman–Crippen MR) is 111 cm³/mol. The maximum absolute atomic E-state index is 12.2. The molecule has 1 saturated heterocycles. The van der Waals surface area contributed by atoms with E-state index in [2.05, 4.69) is 40.0 Å². The minimum atomic E-state index is -5.68. The van der Waals surface area contributed by atoms with Crippen LogP contribution in [0.5, 0.6) is 0 Å². The number of phosphoric acid groups is 3. The lowest BCUT2D eigenvalue weighted by Crippen LogP contribution is -2.26. The third kappa shape index (κ3) is 6.88. The Hall–Kier alpha value is -1.78. The summed E-state index contributed by atoms with van der Waals surface area (Å²) in [6.07, 6.45) is -0.759. The number of nitrogens with one attached hydrogen (secondary N) is 2. The third-order valence-electron chi connectivity index (χ3n) is 4.18. The van der Waals surface area contributed by atoms with E-state index in [4.69, 9.17) is 19.4 Å². The monoisotopic (exact) mass is 547 g/mol. The van der Waals surface area contributed by atoms with Crippen LogP contribution in [0.3, 0.4) is 0 Å². The standard InChI is InChI=1S/C13H20N5O13P3/c1-2-3-14-13-16-11-10(12(20)17-13)15-6-18(11)9-4-7(19)8(29-9)5-28-33(24,25)31-34(26,27)30-32(21,22)23/h2,6-9,19H,1,3-5H2,(H,24,25)(H,26,27)(H2,21,22,23)(H2,14,16,17,20)/t7?,8-,9-/m1/s1. The molecule has 18 nitrogen and oxygen atoms in total. The number of aromatic amines is 1. The Bertz CT molecular complexity index is 1260. The number of aliphatic hydroxyl groups excluding tert-OH is 1. The number of hydrogen-bond donors (Lipinski definition) is 7. The van der Waals surface area contributed by atoms with Crippen molar-refractivity contribution in [3.05, 3.63) is 29.3 Å². The van der Waals surface area contributed by atoms with Crippen LogP contribution in [0.25, 0.3) is 11.2 Å². The fourth-order valence-corrected chi connectivity index (χ4v) is 5.93. The number of fused-ring (bicyclic) bond motifs is 1. The maximum atomic E-state index is 12.2. The van der Waals surface area contributed by atoms with Gasteiger partial charge in [0.1, 0.15) is 12.3 Å². The molecule has 0 bridgehead atoms. The van der Waals surface area contributed by atoms with E-state index in [1.165, 1.54) is 10.9 Å². The highest BCUT2D eigenvalue weighted by Crippen LogP contribution is 2.66. The lowest BCUT2D eigenvalue weighted by Gasteiger charge is -2.19. The zero-order valence-corrected chi connectivity index (χ0v) is 19.6. The summed E-state index contributed by atoms with van der Waals surface area (Å²) < 4.78 is 52.5. The summed E-state index contributed by atoms with van der Waals surface area (Å²) in [6, 6.07) is 0. The van der Waals surface area contributed by atoms with Crippen molar-refractivity contribution in [2.45, 2.75) is 24.9 Å². The molecule has 3 unspecified atom stereocenters. The number of aromatic nitrogens is 4. The molecule has 7 N–H and O–H groups in total.